The molecule has 0 N–H and O–H groups in total. The van der Waals surface area contributed by atoms with Crippen LogP contribution < -0.4 is 0 Å². The summed E-state index contributed by atoms with van der Waals surface area (Å²) in [6.45, 7) is 24.7. The predicted octanol–water partition coefficient (Wildman–Crippen LogP) is 8.14. The molecular formula is C34H54O4. The van der Waals surface area contributed by atoms with Gasteiger partial charge in [-0.3, -0.25) is 9.59 Å². The highest BCUT2D eigenvalue weighted by atomic mass is 16.6. The lowest BCUT2D eigenvalue weighted by atomic mass is 9.32. The SMILES string of the molecule is C=C(C)C1CC[C@]2(C)CC[C@]3(C)[C@H](CC[C@H]4[C@@]5(C)C(OC(C)=O)CC(OC(C)=O)C(C)(C)[C@H]5CC[C@]43C)[C@H]12. The van der Waals surface area contributed by atoms with E-state index >= 15 is 0 Å². The van der Waals surface area contributed by atoms with Gasteiger partial charge >= 0.3 is 11.9 Å². The lowest BCUT2D eigenvalue weighted by molar-refractivity contribution is -0.278. The standard InChI is InChI=1S/C34H54O4/c1-20(2)23-13-15-31(7)17-18-32(8)24(29(23)31)11-12-26-33(32,9)16-14-25-30(5,6)27(37-21(3)35)19-28(34(25,26)10)38-22(4)36/h23-29H,1,11-19H2,2-10H3/t23?,24-,25-,26-,27?,28?,29+,31-,32-,33-,34+/m1/s1. The van der Waals surface area contributed by atoms with Crippen LogP contribution in [0.1, 0.15) is 120 Å². The molecule has 5 aliphatic carbocycles. The number of hydrogen-bond donors (Lipinski definition) is 0. The lowest BCUT2D eigenvalue weighted by Crippen LogP contribution is -2.70. The van der Waals surface area contributed by atoms with Crippen molar-refractivity contribution in [1.82, 2.24) is 0 Å². The van der Waals surface area contributed by atoms with E-state index in [2.05, 4.69) is 55.0 Å². The van der Waals surface area contributed by atoms with Crippen LogP contribution in [-0.4, -0.2) is 24.1 Å². The normalized spacial score (nSPS) is 51.0. The molecule has 0 heterocycles. The Morgan fingerprint density at radius 3 is 1.95 bits per heavy atom. The van der Waals surface area contributed by atoms with Gasteiger partial charge in [0.15, 0.2) is 0 Å². The number of fused-ring (bicyclic) bond motifs is 7. The maximum absolute atomic E-state index is 12.5. The highest BCUT2D eigenvalue weighted by Gasteiger charge is 2.72. The number of rotatable bonds is 3. The molecule has 0 aliphatic heterocycles. The second-order valence-corrected chi connectivity index (χ2v) is 16.0. The van der Waals surface area contributed by atoms with Crippen LogP contribution in [0.3, 0.4) is 0 Å². The van der Waals surface area contributed by atoms with Crippen molar-refractivity contribution in [2.45, 2.75) is 132 Å². The molecule has 5 fully saturated rings. The monoisotopic (exact) mass is 526 g/mol. The molecule has 5 rings (SSSR count). The van der Waals surface area contributed by atoms with Gasteiger partial charge in [0, 0.05) is 31.1 Å². The number of ether oxygens (including phenoxy) is 2. The molecule has 4 nitrogen and oxygen atoms in total. The van der Waals surface area contributed by atoms with Crippen molar-refractivity contribution >= 4 is 11.9 Å². The third-order valence-corrected chi connectivity index (χ3v) is 14.1. The Bertz CT molecular complexity index is 1010. The molecule has 0 amide bonds. The number of allylic oxidation sites excluding steroid dienone is 1. The molecule has 0 aromatic rings. The minimum Gasteiger partial charge on any atom is -0.462 e. The van der Waals surface area contributed by atoms with E-state index in [1.165, 1.54) is 57.4 Å². The Morgan fingerprint density at radius 2 is 1.34 bits per heavy atom. The van der Waals surface area contributed by atoms with Gasteiger partial charge in [0.2, 0.25) is 0 Å². The molecule has 0 spiro atoms. The van der Waals surface area contributed by atoms with Gasteiger partial charge in [-0.1, -0.05) is 53.7 Å². The van der Waals surface area contributed by atoms with Crippen LogP contribution in [0.4, 0.5) is 0 Å². The third-order valence-electron chi connectivity index (χ3n) is 14.1. The molecule has 4 heteroatoms. The molecule has 5 aliphatic rings. The van der Waals surface area contributed by atoms with Crippen molar-refractivity contribution in [2.24, 2.45) is 56.7 Å². The lowest BCUT2D eigenvalue weighted by Gasteiger charge is -2.73. The summed E-state index contributed by atoms with van der Waals surface area (Å²) < 4.78 is 12.2. The topological polar surface area (TPSA) is 52.6 Å². The number of carbonyl (C=O) groups excluding carboxylic acids is 2. The Balaban J connectivity index is 1.57. The summed E-state index contributed by atoms with van der Waals surface area (Å²) in [7, 11) is 0. The second kappa shape index (κ2) is 8.84. The minimum atomic E-state index is -0.240. The summed E-state index contributed by atoms with van der Waals surface area (Å²) in [5, 5.41) is 0. The van der Waals surface area contributed by atoms with E-state index in [4.69, 9.17) is 9.47 Å². The molecule has 0 aromatic carbocycles. The van der Waals surface area contributed by atoms with Gasteiger partial charge in [0.05, 0.1) is 0 Å². The van der Waals surface area contributed by atoms with Crippen molar-refractivity contribution in [3.63, 3.8) is 0 Å². The number of carbonyl (C=O) groups is 2. The average molecular weight is 527 g/mol. The molecule has 0 aromatic heterocycles. The zero-order valence-corrected chi connectivity index (χ0v) is 25.7. The molecule has 3 unspecified atom stereocenters. The number of esters is 2. The first kappa shape index (κ1) is 28.2. The van der Waals surface area contributed by atoms with Crippen molar-refractivity contribution in [3.05, 3.63) is 12.2 Å². The first-order chi connectivity index (χ1) is 17.5. The molecule has 0 radical (unpaired) electrons. The van der Waals surface area contributed by atoms with Gasteiger partial charge in [-0.15, -0.1) is 0 Å². The maximum Gasteiger partial charge on any atom is 0.302 e. The van der Waals surface area contributed by atoms with E-state index in [-0.39, 0.29) is 45.8 Å². The van der Waals surface area contributed by atoms with Crippen LogP contribution in [0.2, 0.25) is 0 Å². The quantitative estimate of drug-likeness (QED) is 0.275. The van der Waals surface area contributed by atoms with Gasteiger partial charge in [0.25, 0.3) is 0 Å². The predicted molar refractivity (Wildman–Crippen MR) is 151 cm³/mol. The Kier molecular flexibility index (Phi) is 6.56. The Morgan fingerprint density at radius 1 is 0.711 bits per heavy atom. The highest BCUT2D eigenvalue weighted by molar-refractivity contribution is 5.67. The third kappa shape index (κ3) is 3.66. The average Bonchev–Trinajstić information content (AvgIpc) is 3.15. The fourth-order valence-electron chi connectivity index (χ4n) is 12.2. The smallest absolute Gasteiger partial charge is 0.302 e. The van der Waals surface area contributed by atoms with Gasteiger partial charge in [0.1, 0.15) is 12.2 Å². The van der Waals surface area contributed by atoms with Crippen molar-refractivity contribution < 1.29 is 19.1 Å². The van der Waals surface area contributed by atoms with Crippen LogP contribution in [0.15, 0.2) is 12.2 Å². The van der Waals surface area contributed by atoms with Crippen LogP contribution in [0.25, 0.3) is 0 Å². The molecular weight excluding hydrogens is 472 g/mol. The Hall–Kier alpha value is -1.32. The molecule has 0 saturated heterocycles. The van der Waals surface area contributed by atoms with E-state index in [9.17, 15) is 9.59 Å². The van der Waals surface area contributed by atoms with Crippen LogP contribution in [-0.2, 0) is 19.1 Å². The molecule has 38 heavy (non-hydrogen) atoms. The van der Waals surface area contributed by atoms with Crippen molar-refractivity contribution in [1.29, 1.82) is 0 Å². The molecule has 0 bridgehead atoms. The number of hydrogen-bond acceptors (Lipinski definition) is 4. The highest BCUT2D eigenvalue weighted by Crippen LogP contribution is 2.77. The first-order valence-electron chi connectivity index (χ1n) is 15.5. The second-order valence-electron chi connectivity index (χ2n) is 16.0. The molecule has 214 valence electrons. The zero-order valence-electron chi connectivity index (χ0n) is 25.7. The van der Waals surface area contributed by atoms with Crippen LogP contribution >= 0.6 is 0 Å². The van der Waals surface area contributed by atoms with E-state index in [0.29, 0.717) is 29.6 Å². The fourth-order valence-corrected chi connectivity index (χ4v) is 12.2. The summed E-state index contributed by atoms with van der Waals surface area (Å²) in [4.78, 5) is 24.6. The largest absolute Gasteiger partial charge is 0.462 e. The first-order valence-corrected chi connectivity index (χ1v) is 15.5. The molecule has 11 atom stereocenters. The maximum atomic E-state index is 12.5. The van der Waals surface area contributed by atoms with Crippen LogP contribution in [0.5, 0.6) is 0 Å². The summed E-state index contributed by atoms with van der Waals surface area (Å²) in [6, 6.07) is 0. The van der Waals surface area contributed by atoms with Crippen LogP contribution in [0, 0.1) is 56.7 Å². The van der Waals surface area contributed by atoms with Gasteiger partial charge in [-0.05, 0) is 104 Å². The van der Waals surface area contributed by atoms with E-state index in [0.717, 1.165) is 18.3 Å². The molecule has 5 saturated carbocycles. The zero-order chi connectivity index (χ0) is 28.1. The van der Waals surface area contributed by atoms with E-state index < -0.39 is 0 Å². The van der Waals surface area contributed by atoms with Gasteiger partial charge < -0.3 is 9.47 Å². The van der Waals surface area contributed by atoms with Gasteiger partial charge in [-0.25, -0.2) is 0 Å². The van der Waals surface area contributed by atoms with Gasteiger partial charge in [-0.2, -0.15) is 0 Å². The van der Waals surface area contributed by atoms with Crippen molar-refractivity contribution in [2.75, 3.05) is 0 Å². The summed E-state index contributed by atoms with van der Waals surface area (Å²) in [6.07, 6.45) is 10.2. The summed E-state index contributed by atoms with van der Waals surface area (Å²) >= 11 is 0. The summed E-state index contributed by atoms with van der Waals surface area (Å²) in [5.74, 6) is 2.48. The van der Waals surface area contributed by atoms with Crippen molar-refractivity contribution in [3.8, 4) is 0 Å². The van der Waals surface area contributed by atoms with E-state index in [1.54, 1.807) is 6.92 Å². The minimum absolute atomic E-state index is 0.142. The van der Waals surface area contributed by atoms with E-state index in [1.807, 2.05) is 0 Å². The summed E-state index contributed by atoms with van der Waals surface area (Å²) in [5.41, 5.74) is 1.99. The Labute approximate surface area is 232 Å². The fraction of sp³-hybridized carbons (Fsp3) is 0.882.